The molecule has 0 saturated heterocycles. The van der Waals surface area contributed by atoms with Crippen molar-refractivity contribution >= 4 is 27.8 Å². The second kappa shape index (κ2) is 7.94. The molecule has 1 rings (SSSR count). The molecule has 0 atom stereocenters. The fraction of sp³-hybridized carbons (Fsp3) is 0.429. The van der Waals surface area contributed by atoms with Gasteiger partial charge in [-0.05, 0) is 38.0 Å². The highest BCUT2D eigenvalue weighted by Gasteiger charge is 2.10. The smallest absolute Gasteiger partial charge is 0.305 e. The Bertz CT molecular complexity index is 460. The van der Waals surface area contributed by atoms with E-state index in [9.17, 15) is 9.59 Å². The molecule has 4 nitrogen and oxygen atoms in total. The summed E-state index contributed by atoms with van der Waals surface area (Å²) in [5, 5.41) is 2.80. The molecule has 0 unspecified atom stereocenters. The predicted octanol–water partition coefficient (Wildman–Crippen LogP) is 2.83. The van der Waals surface area contributed by atoms with Crippen LogP contribution < -0.4 is 5.32 Å². The van der Waals surface area contributed by atoms with Crippen LogP contribution >= 0.6 is 15.9 Å². The monoisotopic (exact) mass is 327 g/mol. The van der Waals surface area contributed by atoms with Gasteiger partial charge >= 0.3 is 5.97 Å². The lowest BCUT2D eigenvalue weighted by molar-refractivity contribution is -0.143. The first-order chi connectivity index (χ1) is 9.06. The SMILES string of the molecule is CCOC(=O)CCCNC(=O)c1cccc(Br)c1C. The Labute approximate surface area is 121 Å². The largest absolute Gasteiger partial charge is 0.466 e. The Balaban J connectivity index is 2.40. The molecule has 19 heavy (non-hydrogen) atoms. The highest BCUT2D eigenvalue weighted by molar-refractivity contribution is 9.10. The fourth-order valence-electron chi connectivity index (χ4n) is 1.62. The molecule has 5 heteroatoms. The average Bonchev–Trinajstić information content (AvgIpc) is 2.38. The summed E-state index contributed by atoms with van der Waals surface area (Å²) in [5.41, 5.74) is 1.55. The van der Waals surface area contributed by atoms with Gasteiger partial charge in [-0.2, -0.15) is 0 Å². The van der Waals surface area contributed by atoms with Crippen molar-refractivity contribution in [1.82, 2.24) is 5.32 Å². The van der Waals surface area contributed by atoms with Gasteiger partial charge in [-0.1, -0.05) is 22.0 Å². The zero-order valence-electron chi connectivity index (χ0n) is 11.2. The summed E-state index contributed by atoms with van der Waals surface area (Å²) in [6.45, 7) is 4.51. The maximum Gasteiger partial charge on any atom is 0.305 e. The van der Waals surface area contributed by atoms with E-state index < -0.39 is 0 Å². The van der Waals surface area contributed by atoms with Gasteiger partial charge in [-0.25, -0.2) is 0 Å². The standard InChI is InChI=1S/C14H18BrNO3/c1-3-19-13(17)8-5-9-16-14(18)11-6-4-7-12(15)10(11)2/h4,6-7H,3,5,8-9H2,1-2H3,(H,16,18). The maximum atomic E-state index is 11.9. The fourth-order valence-corrected chi connectivity index (χ4v) is 1.98. The van der Waals surface area contributed by atoms with Crippen molar-refractivity contribution in [2.45, 2.75) is 26.7 Å². The number of hydrogen-bond acceptors (Lipinski definition) is 3. The zero-order chi connectivity index (χ0) is 14.3. The molecule has 104 valence electrons. The van der Waals surface area contributed by atoms with Crippen molar-refractivity contribution < 1.29 is 14.3 Å². The van der Waals surface area contributed by atoms with Crippen LogP contribution in [0, 0.1) is 6.92 Å². The van der Waals surface area contributed by atoms with E-state index >= 15 is 0 Å². The molecule has 0 saturated carbocycles. The van der Waals surface area contributed by atoms with Crippen LogP contribution in [0.2, 0.25) is 0 Å². The number of amides is 1. The molecule has 1 aromatic carbocycles. The Kier molecular flexibility index (Phi) is 6.56. The lowest BCUT2D eigenvalue weighted by atomic mass is 10.1. The summed E-state index contributed by atoms with van der Waals surface area (Å²) >= 11 is 3.39. The molecule has 0 aliphatic heterocycles. The third-order valence-corrected chi connectivity index (χ3v) is 3.52. The number of esters is 1. The van der Waals surface area contributed by atoms with Crippen LogP contribution in [-0.4, -0.2) is 25.0 Å². The normalized spacial score (nSPS) is 10.1. The predicted molar refractivity (Wildman–Crippen MR) is 77.1 cm³/mol. The number of ether oxygens (including phenoxy) is 1. The summed E-state index contributed by atoms with van der Waals surface area (Å²) < 4.78 is 5.72. The van der Waals surface area contributed by atoms with Crippen LogP contribution in [0.4, 0.5) is 0 Å². The quantitative estimate of drug-likeness (QED) is 0.645. The zero-order valence-corrected chi connectivity index (χ0v) is 12.7. The van der Waals surface area contributed by atoms with E-state index in [2.05, 4.69) is 21.2 Å². The first-order valence-electron chi connectivity index (χ1n) is 6.25. The van der Waals surface area contributed by atoms with Gasteiger partial charge in [0.25, 0.3) is 5.91 Å². The second-order valence-corrected chi connectivity index (χ2v) is 4.93. The van der Waals surface area contributed by atoms with Crippen molar-refractivity contribution in [3.8, 4) is 0 Å². The molecule has 1 amide bonds. The highest BCUT2D eigenvalue weighted by atomic mass is 79.9. The van der Waals surface area contributed by atoms with E-state index in [4.69, 9.17) is 4.74 Å². The van der Waals surface area contributed by atoms with E-state index in [-0.39, 0.29) is 11.9 Å². The molecular formula is C14H18BrNO3. The molecule has 0 aliphatic carbocycles. The second-order valence-electron chi connectivity index (χ2n) is 4.08. The summed E-state index contributed by atoms with van der Waals surface area (Å²) in [5.74, 6) is -0.349. The molecule has 0 aromatic heterocycles. The van der Waals surface area contributed by atoms with E-state index in [0.717, 1.165) is 10.0 Å². The Hall–Kier alpha value is -1.36. The molecule has 0 aliphatic rings. The van der Waals surface area contributed by atoms with E-state index in [0.29, 0.717) is 31.6 Å². The van der Waals surface area contributed by atoms with Gasteiger partial charge < -0.3 is 10.1 Å². The van der Waals surface area contributed by atoms with Crippen molar-refractivity contribution in [3.63, 3.8) is 0 Å². The molecule has 0 heterocycles. The Morgan fingerprint density at radius 2 is 2.11 bits per heavy atom. The van der Waals surface area contributed by atoms with Crippen LogP contribution in [-0.2, 0) is 9.53 Å². The van der Waals surface area contributed by atoms with Crippen molar-refractivity contribution in [2.75, 3.05) is 13.2 Å². The van der Waals surface area contributed by atoms with Gasteiger partial charge in [0.2, 0.25) is 0 Å². The minimum atomic E-state index is -0.226. The van der Waals surface area contributed by atoms with Crippen LogP contribution in [0.15, 0.2) is 22.7 Å². The molecule has 1 N–H and O–H groups in total. The summed E-state index contributed by atoms with van der Waals surface area (Å²) in [7, 11) is 0. The Morgan fingerprint density at radius 1 is 1.37 bits per heavy atom. The number of carbonyl (C=O) groups excluding carboxylic acids is 2. The van der Waals surface area contributed by atoms with Gasteiger partial charge in [0.05, 0.1) is 6.61 Å². The van der Waals surface area contributed by atoms with E-state index in [1.54, 1.807) is 13.0 Å². The van der Waals surface area contributed by atoms with Gasteiger partial charge in [-0.3, -0.25) is 9.59 Å². The third-order valence-electron chi connectivity index (χ3n) is 2.66. The number of carbonyl (C=O) groups is 2. The van der Waals surface area contributed by atoms with Gasteiger partial charge in [0, 0.05) is 23.0 Å². The summed E-state index contributed by atoms with van der Waals surface area (Å²) in [6.07, 6.45) is 0.906. The van der Waals surface area contributed by atoms with E-state index in [1.807, 2.05) is 19.1 Å². The van der Waals surface area contributed by atoms with Crippen LogP contribution in [0.5, 0.6) is 0 Å². The van der Waals surface area contributed by atoms with E-state index in [1.165, 1.54) is 0 Å². The van der Waals surface area contributed by atoms with Gasteiger partial charge in [0.15, 0.2) is 0 Å². The Morgan fingerprint density at radius 3 is 2.79 bits per heavy atom. The third kappa shape index (κ3) is 5.03. The van der Waals surface area contributed by atoms with Crippen molar-refractivity contribution in [3.05, 3.63) is 33.8 Å². The topological polar surface area (TPSA) is 55.4 Å². The number of halogens is 1. The lowest BCUT2D eigenvalue weighted by Gasteiger charge is -2.08. The molecule has 0 spiro atoms. The number of benzene rings is 1. The average molecular weight is 328 g/mol. The minimum absolute atomic E-state index is 0.123. The first-order valence-corrected chi connectivity index (χ1v) is 7.04. The molecular weight excluding hydrogens is 310 g/mol. The summed E-state index contributed by atoms with van der Waals surface area (Å²) in [6, 6.07) is 5.50. The van der Waals surface area contributed by atoms with Crippen LogP contribution in [0.25, 0.3) is 0 Å². The summed E-state index contributed by atoms with van der Waals surface area (Å²) in [4.78, 5) is 23.1. The number of hydrogen-bond donors (Lipinski definition) is 1. The van der Waals surface area contributed by atoms with Crippen LogP contribution in [0.1, 0.15) is 35.7 Å². The highest BCUT2D eigenvalue weighted by Crippen LogP contribution is 2.19. The minimum Gasteiger partial charge on any atom is -0.466 e. The maximum absolute atomic E-state index is 11.9. The number of nitrogens with one attached hydrogen (secondary N) is 1. The van der Waals surface area contributed by atoms with Crippen LogP contribution in [0.3, 0.4) is 0 Å². The van der Waals surface area contributed by atoms with Crippen molar-refractivity contribution in [1.29, 1.82) is 0 Å². The molecule has 0 bridgehead atoms. The number of rotatable bonds is 6. The molecule has 0 fully saturated rings. The van der Waals surface area contributed by atoms with Crippen molar-refractivity contribution in [2.24, 2.45) is 0 Å². The molecule has 1 aromatic rings. The van der Waals surface area contributed by atoms with Gasteiger partial charge in [-0.15, -0.1) is 0 Å². The lowest BCUT2D eigenvalue weighted by Crippen LogP contribution is -2.25. The first kappa shape index (κ1) is 15.7. The van der Waals surface area contributed by atoms with Gasteiger partial charge in [0.1, 0.15) is 0 Å². The molecule has 0 radical (unpaired) electrons.